The van der Waals surface area contributed by atoms with Crippen LogP contribution in [0, 0.1) is 19.7 Å². The van der Waals surface area contributed by atoms with Crippen LogP contribution in [0.4, 0.5) is 10.1 Å². The molecular formula is C22H28FN4O6P. The van der Waals surface area contributed by atoms with Crippen molar-refractivity contribution >= 4 is 37.0 Å². The number of hydrogen-bond donors (Lipinski definition) is 6. The molecule has 0 aliphatic carbocycles. The van der Waals surface area contributed by atoms with Crippen LogP contribution in [0.2, 0.25) is 0 Å². The molecule has 2 amide bonds. The monoisotopic (exact) mass is 494 g/mol. The van der Waals surface area contributed by atoms with Crippen LogP contribution in [-0.2, 0) is 9.36 Å². The molecule has 0 atom stereocenters. The fourth-order valence-electron chi connectivity index (χ4n) is 4.13. The number of rotatable bonds is 5. The standard InChI is InChI=1S/C22H25FN4O2.H3O4P/c1-13-19(12-17-16-11-15(23)5-6-18(16)26-21(17)28)25-14(2)20(13)22(29)24-7-10-27-8-3-4-9-27;1-5(2,3)4/h5-6,11-12,25H,3-4,7-10H2,1-2H3,(H,24,29)(H,26,28);(H3,1,2,3,4)/b17-12+;. The Morgan fingerprint density at radius 3 is 2.53 bits per heavy atom. The summed E-state index contributed by atoms with van der Waals surface area (Å²) in [6.45, 7) is 7.35. The predicted molar refractivity (Wildman–Crippen MR) is 125 cm³/mol. The van der Waals surface area contributed by atoms with Crippen molar-refractivity contribution in [3.63, 3.8) is 0 Å². The maximum atomic E-state index is 13.7. The maximum Gasteiger partial charge on any atom is 0.466 e. The number of benzene rings is 1. The van der Waals surface area contributed by atoms with Crippen molar-refractivity contribution in [3.8, 4) is 0 Å². The van der Waals surface area contributed by atoms with Gasteiger partial charge in [-0.05, 0) is 69.6 Å². The molecule has 2 aliphatic rings. The minimum atomic E-state index is -4.64. The zero-order chi connectivity index (χ0) is 25.0. The summed E-state index contributed by atoms with van der Waals surface area (Å²) in [5, 5.41) is 5.74. The molecule has 184 valence electrons. The van der Waals surface area contributed by atoms with Crippen molar-refractivity contribution in [3.05, 3.63) is 52.1 Å². The van der Waals surface area contributed by atoms with Crippen LogP contribution in [-0.4, -0.2) is 62.6 Å². The number of H-pyrrole nitrogens is 1. The molecule has 0 bridgehead atoms. The number of amides is 2. The Morgan fingerprint density at radius 2 is 1.88 bits per heavy atom. The van der Waals surface area contributed by atoms with Gasteiger partial charge in [-0.1, -0.05) is 0 Å². The first-order valence-electron chi connectivity index (χ1n) is 10.7. The molecule has 2 aromatic rings. The van der Waals surface area contributed by atoms with Gasteiger partial charge in [-0.2, -0.15) is 0 Å². The van der Waals surface area contributed by atoms with E-state index in [4.69, 9.17) is 19.2 Å². The third-order valence-corrected chi connectivity index (χ3v) is 5.67. The van der Waals surface area contributed by atoms with Gasteiger partial charge in [0.15, 0.2) is 0 Å². The molecule has 2 aliphatic heterocycles. The Bertz CT molecular complexity index is 1160. The Balaban J connectivity index is 0.000000588. The smallest absolute Gasteiger partial charge is 0.358 e. The van der Waals surface area contributed by atoms with E-state index in [1.54, 1.807) is 12.1 Å². The Labute approximate surface area is 196 Å². The van der Waals surface area contributed by atoms with Crippen LogP contribution in [0.3, 0.4) is 0 Å². The van der Waals surface area contributed by atoms with E-state index >= 15 is 0 Å². The van der Waals surface area contributed by atoms with Crippen LogP contribution in [0.25, 0.3) is 11.6 Å². The minimum Gasteiger partial charge on any atom is -0.358 e. The van der Waals surface area contributed by atoms with E-state index in [1.165, 1.54) is 25.0 Å². The second-order valence-corrected chi connectivity index (χ2v) is 9.21. The van der Waals surface area contributed by atoms with E-state index in [0.717, 1.165) is 30.9 Å². The molecule has 1 saturated heterocycles. The fourth-order valence-corrected chi connectivity index (χ4v) is 4.13. The Morgan fingerprint density at radius 1 is 1.24 bits per heavy atom. The van der Waals surface area contributed by atoms with Gasteiger partial charge < -0.3 is 35.2 Å². The number of aryl methyl sites for hydroxylation is 1. The van der Waals surface area contributed by atoms with Crippen molar-refractivity contribution in [2.24, 2.45) is 0 Å². The quantitative estimate of drug-likeness (QED) is 0.275. The molecule has 3 heterocycles. The summed E-state index contributed by atoms with van der Waals surface area (Å²) in [5.74, 6) is -0.806. The Kier molecular flexibility index (Phi) is 8.06. The third kappa shape index (κ3) is 6.62. The van der Waals surface area contributed by atoms with E-state index in [9.17, 15) is 14.0 Å². The zero-order valence-corrected chi connectivity index (χ0v) is 19.8. The highest BCUT2D eigenvalue weighted by atomic mass is 31.2. The first-order chi connectivity index (χ1) is 15.9. The van der Waals surface area contributed by atoms with E-state index in [2.05, 4.69) is 20.5 Å². The zero-order valence-electron chi connectivity index (χ0n) is 18.9. The SMILES string of the molecule is Cc1[nH]c(/C=C2/C(=O)Nc3ccc(F)cc32)c(C)c1C(=O)NCCN1CCCC1.O=P(O)(O)O. The molecule has 0 spiro atoms. The summed E-state index contributed by atoms with van der Waals surface area (Å²) in [6.07, 6.45) is 4.13. The van der Waals surface area contributed by atoms with E-state index in [0.29, 0.717) is 34.6 Å². The lowest BCUT2D eigenvalue weighted by molar-refractivity contribution is -0.110. The number of aromatic nitrogens is 1. The van der Waals surface area contributed by atoms with Crippen molar-refractivity contribution in [2.45, 2.75) is 26.7 Å². The second-order valence-electron chi connectivity index (χ2n) is 8.18. The summed E-state index contributed by atoms with van der Waals surface area (Å²) >= 11 is 0. The van der Waals surface area contributed by atoms with Crippen molar-refractivity contribution in [1.29, 1.82) is 0 Å². The summed E-state index contributed by atoms with van der Waals surface area (Å²) in [6, 6.07) is 4.21. The number of halogens is 1. The van der Waals surface area contributed by atoms with Gasteiger partial charge in [0.2, 0.25) is 0 Å². The van der Waals surface area contributed by atoms with Gasteiger partial charge in [0.05, 0.1) is 11.1 Å². The first kappa shape index (κ1) is 25.8. The molecular weight excluding hydrogens is 466 g/mol. The topological polar surface area (TPSA) is 155 Å². The van der Waals surface area contributed by atoms with Crippen molar-refractivity contribution in [1.82, 2.24) is 15.2 Å². The number of phosphoric acid groups is 1. The van der Waals surface area contributed by atoms with Gasteiger partial charge in [-0.3, -0.25) is 9.59 Å². The number of nitrogens with one attached hydrogen (secondary N) is 3. The summed E-state index contributed by atoms with van der Waals surface area (Å²) < 4.78 is 22.5. The van der Waals surface area contributed by atoms with Gasteiger partial charge in [-0.25, -0.2) is 8.96 Å². The number of likely N-dealkylation sites (tertiary alicyclic amines) is 1. The molecule has 12 heteroatoms. The molecule has 10 nitrogen and oxygen atoms in total. The second kappa shape index (κ2) is 10.6. The molecule has 0 saturated carbocycles. The normalized spacial score (nSPS) is 16.8. The largest absolute Gasteiger partial charge is 0.466 e. The maximum absolute atomic E-state index is 13.7. The van der Waals surface area contributed by atoms with E-state index in [-0.39, 0.29) is 11.8 Å². The van der Waals surface area contributed by atoms with E-state index in [1.807, 2.05) is 13.8 Å². The Hall–Kier alpha value is -2.82. The van der Waals surface area contributed by atoms with Gasteiger partial charge >= 0.3 is 7.82 Å². The lowest BCUT2D eigenvalue weighted by atomic mass is 10.0. The van der Waals surface area contributed by atoms with Crippen molar-refractivity contribution in [2.75, 3.05) is 31.5 Å². The molecule has 1 aromatic carbocycles. The highest BCUT2D eigenvalue weighted by Gasteiger charge is 2.26. The van der Waals surface area contributed by atoms with Gasteiger partial charge in [0.1, 0.15) is 5.82 Å². The minimum absolute atomic E-state index is 0.123. The molecule has 0 radical (unpaired) electrons. The average Bonchev–Trinajstić information content (AvgIpc) is 3.41. The number of nitrogens with zero attached hydrogens (tertiary/aromatic N) is 1. The number of carbonyl (C=O) groups is 2. The molecule has 1 fully saturated rings. The summed E-state index contributed by atoms with van der Waals surface area (Å²) in [5.41, 5.74) is 4.27. The lowest BCUT2D eigenvalue weighted by Crippen LogP contribution is -2.33. The molecule has 4 rings (SSSR count). The number of carbonyl (C=O) groups excluding carboxylic acids is 2. The molecule has 0 unspecified atom stereocenters. The average molecular weight is 494 g/mol. The number of hydrogen-bond acceptors (Lipinski definition) is 4. The highest BCUT2D eigenvalue weighted by Crippen LogP contribution is 2.34. The molecule has 6 N–H and O–H groups in total. The van der Waals surface area contributed by atoms with Crippen molar-refractivity contribution < 1.29 is 33.2 Å². The first-order valence-corrected chi connectivity index (χ1v) is 12.3. The van der Waals surface area contributed by atoms with Crippen LogP contribution in [0.5, 0.6) is 0 Å². The van der Waals surface area contributed by atoms with Crippen LogP contribution in [0.1, 0.15) is 45.7 Å². The van der Waals surface area contributed by atoms with Crippen LogP contribution >= 0.6 is 7.82 Å². The summed E-state index contributed by atoms with van der Waals surface area (Å²) in [7, 11) is -4.64. The lowest BCUT2D eigenvalue weighted by Gasteiger charge is -2.14. The third-order valence-electron chi connectivity index (χ3n) is 5.67. The van der Waals surface area contributed by atoms with Gasteiger partial charge in [0, 0.05) is 35.7 Å². The van der Waals surface area contributed by atoms with Gasteiger partial charge in [0.25, 0.3) is 11.8 Å². The van der Waals surface area contributed by atoms with Crippen LogP contribution < -0.4 is 10.6 Å². The van der Waals surface area contributed by atoms with E-state index < -0.39 is 13.6 Å². The highest BCUT2D eigenvalue weighted by molar-refractivity contribution is 7.45. The molecule has 34 heavy (non-hydrogen) atoms. The predicted octanol–water partition coefficient (Wildman–Crippen LogP) is 2.16. The number of aromatic amines is 1. The number of anilines is 1. The fraction of sp³-hybridized carbons (Fsp3) is 0.364. The number of fused-ring (bicyclic) bond motifs is 1. The van der Waals surface area contributed by atoms with Crippen LogP contribution in [0.15, 0.2) is 18.2 Å². The molecule has 1 aromatic heterocycles. The van der Waals surface area contributed by atoms with Gasteiger partial charge in [-0.15, -0.1) is 0 Å². The summed E-state index contributed by atoms with van der Waals surface area (Å²) in [4.78, 5) is 52.2.